The molecule has 0 amide bonds. The SMILES string of the molecule is Fc1ccc(CC(F)(F)F)c(Cl)c1. The lowest BCUT2D eigenvalue weighted by Gasteiger charge is -2.07. The summed E-state index contributed by atoms with van der Waals surface area (Å²) in [7, 11) is 0. The summed E-state index contributed by atoms with van der Waals surface area (Å²) in [6, 6.07) is 2.85. The van der Waals surface area contributed by atoms with Gasteiger partial charge < -0.3 is 0 Å². The molecule has 0 aromatic heterocycles. The lowest BCUT2D eigenvalue weighted by Crippen LogP contribution is -2.11. The summed E-state index contributed by atoms with van der Waals surface area (Å²) in [6.07, 6.45) is -5.45. The molecule has 0 heterocycles. The van der Waals surface area contributed by atoms with Crippen LogP contribution in [0.3, 0.4) is 0 Å². The van der Waals surface area contributed by atoms with Crippen LogP contribution in [-0.2, 0) is 6.42 Å². The van der Waals surface area contributed by atoms with Crippen molar-refractivity contribution in [2.45, 2.75) is 12.6 Å². The number of benzene rings is 1. The minimum atomic E-state index is -4.32. The van der Waals surface area contributed by atoms with Crippen LogP contribution in [0.25, 0.3) is 0 Å². The standard InChI is InChI=1S/C8H5ClF4/c9-7-3-6(10)2-1-5(7)4-8(11,12)13/h1-3H,4H2. The first-order valence-electron chi connectivity index (χ1n) is 3.39. The lowest BCUT2D eigenvalue weighted by atomic mass is 10.1. The first-order valence-corrected chi connectivity index (χ1v) is 3.77. The van der Waals surface area contributed by atoms with E-state index in [0.717, 1.165) is 18.2 Å². The van der Waals surface area contributed by atoms with Crippen LogP contribution >= 0.6 is 11.6 Å². The van der Waals surface area contributed by atoms with Crippen molar-refractivity contribution in [3.05, 3.63) is 34.6 Å². The van der Waals surface area contributed by atoms with Crippen LogP contribution in [0, 0.1) is 5.82 Å². The van der Waals surface area contributed by atoms with Crippen LogP contribution in [0.1, 0.15) is 5.56 Å². The van der Waals surface area contributed by atoms with Gasteiger partial charge >= 0.3 is 6.18 Å². The third-order valence-electron chi connectivity index (χ3n) is 1.41. The quantitative estimate of drug-likeness (QED) is 0.624. The van der Waals surface area contributed by atoms with Crippen molar-refractivity contribution in [3.8, 4) is 0 Å². The van der Waals surface area contributed by atoms with Gasteiger partial charge in [0.15, 0.2) is 0 Å². The molecular formula is C8H5ClF4. The first kappa shape index (κ1) is 10.3. The fraction of sp³-hybridized carbons (Fsp3) is 0.250. The average molecular weight is 213 g/mol. The van der Waals surface area contributed by atoms with Gasteiger partial charge in [0.1, 0.15) is 5.82 Å². The molecule has 1 aromatic rings. The van der Waals surface area contributed by atoms with Gasteiger partial charge in [-0.05, 0) is 17.7 Å². The van der Waals surface area contributed by atoms with Gasteiger partial charge in [-0.2, -0.15) is 13.2 Å². The fourth-order valence-corrected chi connectivity index (χ4v) is 1.12. The van der Waals surface area contributed by atoms with Gasteiger partial charge in [0, 0.05) is 5.02 Å². The zero-order valence-corrected chi connectivity index (χ0v) is 7.08. The molecule has 0 spiro atoms. The third-order valence-corrected chi connectivity index (χ3v) is 1.76. The molecule has 0 nitrogen and oxygen atoms in total. The Balaban J connectivity index is 2.90. The number of alkyl halides is 3. The normalized spacial score (nSPS) is 11.8. The molecule has 0 saturated carbocycles. The smallest absolute Gasteiger partial charge is 0.207 e. The van der Waals surface area contributed by atoms with Gasteiger partial charge in [-0.15, -0.1) is 0 Å². The summed E-state index contributed by atoms with van der Waals surface area (Å²) < 4.78 is 48.0. The van der Waals surface area contributed by atoms with Crippen LogP contribution < -0.4 is 0 Å². The molecule has 0 saturated heterocycles. The van der Waals surface area contributed by atoms with E-state index in [0.29, 0.717) is 0 Å². The minimum absolute atomic E-state index is 0.115. The predicted molar refractivity (Wildman–Crippen MR) is 41.2 cm³/mol. The zero-order chi connectivity index (χ0) is 10.1. The van der Waals surface area contributed by atoms with E-state index in [2.05, 4.69) is 0 Å². The zero-order valence-electron chi connectivity index (χ0n) is 6.33. The minimum Gasteiger partial charge on any atom is -0.207 e. The molecule has 0 aliphatic heterocycles. The van der Waals surface area contributed by atoms with Gasteiger partial charge in [-0.1, -0.05) is 17.7 Å². The maximum atomic E-state index is 12.4. The highest BCUT2D eigenvalue weighted by atomic mass is 35.5. The molecule has 0 radical (unpaired) electrons. The summed E-state index contributed by atoms with van der Waals surface area (Å²) in [5, 5.41) is -0.197. The van der Waals surface area contributed by atoms with E-state index >= 15 is 0 Å². The predicted octanol–water partition coefficient (Wildman–Crippen LogP) is 3.58. The largest absolute Gasteiger partial charge is 0.393 e. The fourth-order valence-electron chi connectivity index (χ4n) is 0.881. The van der Waals surface area contributed by atoms with Crippen molar-refractivity contribution < 1.29 is 17.6 Å². The Hall–Kier alpha value is -0.770. The molecule has 0 fully saturated rings. The average Bonchev–Trinajstić information content (AvgIpc) is 1.93. The molecule has 1 aromatic carbocycles. The van der Waals surface area contributed by atoms with Gasteiger partial charge in [0.05, 0.1) is 6.42 Å². The molecule has 0 aliphatic carbocycles. The van der Waals surface area contributed by atoms with Gasteiger partial charge in [0.2, 0.25) is 0 Å². The second-order valence-corrected chi connectivity index (χ2v) is 2.93. The maximum Gasteiger partial charge on any atom is 0.393 e. The lowest BCUT2D eigenvalue weighted by molar-refractivity contribution is -0.127. The second kappa shape index (κ2) is 3.54. The monoisotopic (exact) mass is 212 g/mol. The maximum absolute atomic E-state index is 12.4. The third kappa shape index (κ3) is 3.22. The van der Waals surface area contributed by atoms with E-state index in [9.17, 15) is 17.6 Å². The van der Waals surface area contributed by atoms with Crippen molar-refractivity contribution in [1.82, 2.24) is 0 Å². The van der Waals surface area contributed by atoms with Crippen LogP contribution in [0.2, 0.25) is 5.02 Å². The molecule has 0 aliphatic rings. The van der Waals surface area contributed by atoms with Crippen LogP contribution in [0.4, 0.5) is 17.6 Å². The van der Waals surface area contributed by atoms with Crippen molar-refractivity contribution in [2.24, 2.45) is 0 Å². The number of rotatable bonds is 1. The second-order valence-electron chi connectivity index (χ2n) is 2.53. The van der Waals surface area contributed by atoms with Crippen molar-refractivity contribution in [3.63, 3.8) is 0 Å². The van der Waals surface area contributed by atoms with Crippen LogP contribution in [0.5, 0.6) is 0 Å². The van der Waals surface area contributed by atoms with Crippen LogP contribution in [0.15, 0.2) is 18.2 Å². The molecule has 0 atom stereocenters. The molecule has 1 rings (SSSR count). The summed E-state index contributed by atoms with van der Waals surface area (Å²) in [6.45, 7) is 0. The Bertz CT molecular complexity index is 306. The van der Waals surface area contributed by atoms with E-state index in [-0.39, 0.29) is 10.6 Å². The van der Waals surface area contributed by atoms with Crippen molar-refractivity contribution in [1.29, 1.82) is 0 Å². The van der Waals surface area contributed by atoms with E-state index in [1.807, 2.05) is 0 Å². The van der Waals surface area contributed by atoms with E-state index in [1.54, 1.807) is 0 Å². The first-order chi connectivity index (χ1) is 5.88. The molecule has 0 bridgehead atoms. The summed E-state index contributed by atoms with van der Waals surface area (Å²) in [5.74, 6) is -0.643. The molecule has 0 unspecified atom stereocenters. The van der Waals surface area contributed by atoms with Gasteiger partial charge in [-0.3, -0.25) is 0 Å². The van der Waals surface area contributed by atoms with E-state index in [1.165, 1.54) is 0 Å². The summed E-state index contributed by atoms with van der Waals surface area (Å²) in [4.78, 5) is 0. The Kier molecular flexibility index (Phi) is 2.81. The van der Waals surface area contributed by atoms with Crippen molar-refractivity contribution in [2.75, 3.05) is 0 Å². The Morgan fingerprint density at radius 2 is 1.85 bits per heavy atom. The highest BCUT2D eigenvalue weighted by Gasteiger charge is 2.28. The van der Waals surface area contributed by atoms with Gasteiger partial charge in [-0.25, -0.2) is 4.39 Å². The summed E-state index contributed by atoms with van der Waals surface area (Å²) >= 11 is 5.40. The van der Waals surface area contributed by atoms with Crippen molar-refractivity contribution >= 4 is 11.6 Å². The number of hydrogen-bond acceptors (Lipinski definition) is 0. The van der Waals surface area contributed by atoms with Gasteiger partial charge in [0.25, 0.3) is 0 Å². The highest BCUT2D eigenvalue weighted by molar-refractivity contribution is 6.31. The molecular weight excluding hydrogens is 208 g/mol. The Labute approximate surface area is 77.1 Å². The molecule has 13 heavy (non-hydrogen) atoms. The Morgan fingerprint density at radius 1 is 1.23 bits per heavy atom. The number of hydrogen-bond donors (Lipinski definition) is 0. The molecule has 5 heteroatoms. The summed E-state index contributed by atoms with van der Waals surface area (Å²) in [5.41, 5.74) is -0.115. The molecule has 72 valence electrons. The number of halogens is 5. The highest BCUT2D eigenvalue weighted by Crippen LogP contribution is 2.26. The Morgan fingerprint density at radius 3 is 2.31 bits per heavy atom. The molecule has 0 N–H and O–H groups in total. The van der Waals surface area contributed by atoms with E-state index < -0.39 is 18.4 Å². The topological polar surface area (TPSA) is 0 Å². The van der Waals surface area contributed by atoms with Crippen LogP contribution in [-0.4, -0.2) is 6.18 Å². The van der Waals surface area contributed by atoms with E-state index in [4.69, 9.17) is 11.6 Å².